The number of hydrogen-bond acceptors (Lipinski definition) is 3. The molecule has 160 valence electrons. The molecule has 1 unspecified atom stereocenters. The van der Waals surface area contributed by atoms with Crippen molar-refractivity contribution in [1.29, 1.82) is 0 Å². The number of rotatable bonds is 4. The Kier molecular flexibility index (Phi) is 5.21. The number of aromatic nitrogens is 2. The third-order valence-electron chi connectivity index (χ3n) is 5.92. The molecule has 1 saturated heterocycles. The molecule has 1 fully saturated rings. The molecule has 1 atom stereocenters. The first-order chi connectivity index (χ1) is 15.0. The van der Waals surface area contributed by atoms with Crippen LogP contribution in [0.5, 0.6) is 0 Å². The van der Waals surface area contributed by atoms with Gasteiger partial charge < -0.3 is 9.97 Å². The van der Waals surface area contributed by atoms with Gasteiger partial charge in [0.2, 0.25) is 0 Å². The summed E-state index contributed by atoms with van der Waals surface area (Å²) in [5.41, 5.74) is 2.64. The first-order valence-electron chi connectivity index (χ1n) is 10.2. The average Bonchev–Trinajstić information content (AvgIpc) is 3.09. The van der Waals surface area contributed by atoms with Gasteiger partial charge in [0.25, 0.3) is 5.56 Å². The van der Waals surface area contributed by atoms with Crippen LogP contribution in [0.1, 0.15) is 5.56 Å². The zero-order chi connectivity index (χ0) is 21.5. The Bertz CT molecular complexity index is 1350. The lowest BCUT2D eigenvalue weighted by Crippen LogP contribution is -2.46. The van der Waals surface area contributed by atoms with Gasteiger partial charge in [-0.05, 0) is 35.2 Å². The summed E-state index contributed by atoms with van der Waals surface area (Å²) in [6.07, 6.45) is 1.71. The van der Waals surface area contributed by atoms with Gasteiger partial charge in [0.1, 0.15) is 0 Å². The lowest BCUT2D eigenvalue weighted by Gasteiger charge is -2.33. The summed E-state index contributed by atoms with van der Waals surface area (Å²) in [4.78, 5) is 20.9. The fourth-order valence-corrected chi connectivity index (χ4v) is 4.91. The number of nitrogens with one attached hydrogen (secondary N) is 2. The summed E-state index contributed by atoms with van der Waals surface area (Å²) >= 11 is 0. The van der Waals surface area contributed by atoms with Gasteiger partial charge in [0.05, 0.1) is 22.2 Å². The van der Waals surface area contributed by atoms with Crippen molar-refractivity contribution in [3.63, 3.8) is 0 Å². The summed E-state index contributed by atoms with van der Waals surface area (Å²) < 4.78 is 28.8. The maximum absolute atomic E-state index is 15.2. The van der Waals surface area contributed by atoms with E-state index in [1.165, 1.54) is 0 Å². The largest absolute Gasteiger partial charge is 0.352 e. The third-order valence-corrected chi connectivity index (χ3v) is 7.02. The van der Waals surface area contributed by atoms with Crippen LogP contribution in [0.4, 0.5) is 4.39 Å². The highest BCUT2D eigenvalue weighted by Gasteiger charge is 2.20. The summed E-state index contributed by atoms with van der Waals surface area (Å²) in [5, 5.41) is 1.32. The summed E-state index contributed by atoms with van der Waals surface area (Å²) in [6, 6.07) is 14.8. The number of para-hydroxylation sites is 1. The van der Waals surface area contributed by atoms with Gasteiger partial charge in [0, 0.05) is 55.4 Å². The maximum Gasteiger partial charge on any atom is 0.257 e. The molecular weight excluding hydrogens is 415 g/mol. The number of piperazine rings is 1. The molecule has 0 amide bonds. The predicted octanol–water partition coefficient (Wildman–Crippen LogP) is 3.23. The Hall–Kier alpha value is -2.81. The zero-order valence-electron chi connectivity index (χ0n) is 17.2. The Morgan fingerprint density at radius 1 is 1.00 bits per heavy atom. The highest BCUT2D eigenvalue weighted by Crippen LogP contribution is 2.29. The number of pyridine rings is 1. The SMILES string of the molecule is CS(=O)N1CCN(Cc2ccc3c(F)c(-c4cc5ccccc5[nH]c4=O)[nH]c3c2)CC1. The number of aromatic amines is 2. The molecule has 2 aromatic carbocycles. The standard InChI is InChI=1S/C23H23FN4O2S/c1-31(30)28-10-8-27(9-11-28)14-15-6-7-17-20(12-15)25-22(21(17)24)18-13-16-4-2-3-5-19(16)26-23(18)29/h2-7,12-13,25H,8-11,14H2,1H3,(H,26,29). The smallest absolute Gasteiger partial charge is 0.257 e. The van der Waals surface area contributed by atoms with Crippen molar-refractivity contribution >= 4 is 32.8 Å². The van der Waals surface area contributed by atoms with E-state index in [-0.39, 0.29) is 16.8 Å². The van der Waals surface area contributed by atoms with Gasteiger partial charge in [-0.15, -0.1) is 0 Å². The van der Waals surface area contributed by atoms with E-state index in [1.54, 1.807) is 18.4 Å². The van der Waals surface area contributed by atoms with Crippen LogP contribution >= 0.6 is 0 Å². The topological polar surface area (TPSA) is 72.2 Å². The molecule has 0 saturated carbocycles. The maximum atomic E-state index is 15.2. The van der Waals surface area contributed by atoms with E-state index in [4.69, 9.17) is 0 Å². The monoisotopic (exact) mass is 438 g/mol. The molecule has 1 aliphatic heterocycles. The molecule has 2 aromatic heterocycles. The van der Waals surface area contributed by atoms with Crippen molar-refractivity contribution in [2.24, 2.45) is 0 Å². The van der Waals surface area contributed by atoms with Crippen LogP contribution in [-0.4, -0.2) is 55.8 Å². The normalized spacial score (nSPS) is 16.8. The van der Waals surface area contributed by atoms with Gasteiger partial charge in [-0.25, -0.2) is 12.9 Å². The molecule has 0 aliphatic carbocycles. The molecule has 2 N–H and O–H groups in total. The van der Waals surface area contributed by atoms with E-state index in [9.17, 15) is 9.00 Å². The molecule has 0 radical (unpaired) electrons. The predicted molar refractivity (Wildman–Crippen MR) is 123 cm³/mol. The zero-order valence-corrected chi connectivity index (χ0v) is 18.0. The first kappa shape index (κ1) is 20.1. The Morgan fingerprint density at radius 2 is 1.77 bits per heavy atom. The fourth-order valence-electron chi connectivity index (χ4n) is 4.23. The van der Waals surface area contributed by atoms with Crippen molar-refractivity contribution in [2.45, 2.75) is 6.54 Å². The van der Waals surface area contributed by atoms with E-state index in [1.807, 2.05) is 40.7 Å². The minimum absolute atomic E-state index is 0.207. The molecule has 8 heteroatoms. The highest BCUT2D eigenvalue weighted by molar-refractivity contribution is 7.81. The van der Waals surface area contributed by atoms with E-state index in [0.29, 0.717) is 10.9 Å². The first-order valence-corrected chi connectivity index (χ1v) is 11.7. The number of halogens is 1. The Balaban J connectivity index is 1.45. The number of nitrogens with zero attached hydrogens (tertiary/aromatic N) is 2. The van der Waals surface area contributed by atoms with Gasteiger partial charge >= 0.3 is 0 Å². The molecule has 0 bridgehead atoms. The number of benzene rings is 2. The Labute approximate surface area is 181 Å². The minimum atomic E-state index is -0.929. The molecule has 0 spiro atoms. The van der Waals surface area contributed by atoms with Crippen molar-refractivity contribution in [3.05, 3.63) is 70.3 Å². The van der Waals surface area contributed by atoms with Crippen molar-refractivity contribution in [3.8, 4) is 11.3 Å². The van der Waals surface area contributed by atoms with Crippen LogP contribution < -0.4 is 5.56 Å². The van der Waals surface area contributed by atoms with Gasteiger partial charge in [-0.3, -0.25) is 9.69 Å². The summed E-state index contributed by atoms with van der Waals surface area (Å²) in [6.45, 7) is 3.98. The lowest BCUT2D eigenvalue weighted by atomic mass is 10.1. The summed E-state index contributed by atoms with van der Waals surface area (Å²) in [5.74, 6) is -0.415. The van der Waals surface area contributed by atoms with Crippen LogP contribution in [0.2, 0.25) is 0 Å². The van der Waals surface area contributed by atoms with Crippen molar-refractivity contribution in [1.82, 2.24) is 19.2 Å². The third kappa shape index (κ3) is 3.82. The number of H-pyrrole nitrogens is 2. The summed E-state index contributed by atoms with van der Waals surface area (Å²) in [7, 11) is -0.929. The lowest BCUT2D eigenvalue weighted by molar-refractivity contribution is 0.186. The quantitative estimate of drug-likeness (QED) is 0.514. The van der Waals surface area contributed by atoms with Crippen molar-refractivity contribution in [2.75, 3.05) is 32.4 Å². The average molecular weight is 439 g/mol. The second-order valence-electron chi connectivity index (χ2n) is 7.92. The van der Waals surface area contributed by atoms with Crippen LogP contribution in [0.25, 0.3) is 33.1 Å². The van der Waals surface area contributed by atoms with Crippen LogP contribution in [0.15, 0.2) is 53.3 Å². The molecule has 31 heavy (non-hydrogen) atoms. The molecular formula is C23H23FN4O2S. The van der Waals surface area contributed by atoms with Crippen LogP contribution in [-0.2, 0) is 17.5 Å². The molecule has 1 aliphatic rings. The highest BCUT2D eigenvalue weighted by atomic mass is 32.2. The van der Waals surface area contributed by atoms with Gasteiger partial charge in [-0.1, -0.05) is 24.3 Å². The number of fused-ring (bicyclic) bond motifs is 2. The van der Waals surface area contributed by atoms with Gasteiger partial charge in [-0.2, -0.15) is 0 Å². The number of hydrogen-bond donors (Lipinski definition) is 2. The molecule has 5 rings (SSSR count). The molecule has 3 heterocycles. The van der Waals surface area contributed by atoms with Crippen LogP contribution in [0.3, 0.4) is 0 Å². The second kappa shape index (κ2) is 8.03. The van der Waals surface area contributed by atoms with E-state index in [0.717, 1.165) is 49.2 Å². The van der Waals surface area contributed by atoms with Crippen LogP contribution in [0, 0.1) is 5.82 Å². The van der Waals surface area contributed by atoms with E-state index >= 15 is 4.39 Å². The minimum Gasteiger partial charge on any atom is -0.352 e. The second-order valence-corrected chi connectivity index (χ2v) is 9.29. The molecule has 4 aromatic rings. The Morgan fingerprint density at radius 3 is 2.55 bits per heavy atom. The molecule has 6 nitrogen and oxygen atoms in total. The van der Waals surface area contributed by atoms with E-state index < -0.39 is 16.8 Å². The fraction of sp³-hybridized carbons (Fsp3) is 0.261. The van der Waals surface area contributed by atoms with Crippen molar-refractivity contribution < 1.29 is 8.60 Å². The van der Waals surface area contributed by atoms with Gasteiger partial charge in [0.15, 0.2) is 5.82 Å². The van der Waals surface area contributed by atoms with E-state index in [2.05, 4.69) is 14.9 Å².